The van der Waals surface area contributed by atoms with Crippen molar-refractivity contribution in [2.75, 3.05) is 6.54 Å². The van der Waals surface area contributed by atoms with E-state index in [0.29, 0.717) is 5.02 Å². The molecule has 0 unspecified atom stereocenters. The molecule has 3 aromatic heterocycles. The van der Waals surface area contributed by atoms with Crippen molar-refractivity contribution in [3.8, 4) is 5.82 Å². The largest absolute Gasteiger partial charge is 0.311 e. The molecule has 98 valence electrons. The molecule has 19 heavy (non-hydrogen) atoms. The molecule has 0 aromatic carbocycles. The van der Waals surface area contributed by atoms with Crippen LogP contribution in [0.3, 0.4) is 0 Å². The van der Waals surface area contributed by atoms with Gasteiger partial charge in [0.25, 0.3) is 0 Å². The van der Waals surface area contributed by atoms with Crippen LogP contribution in [0.1, 0.15) is 12.6 Å². The summed E-state index contributed by atoms with van der Waals surface area (Å²) in [6.45, 7) is 3.71. The topological polar surface area (TPSA) is 47.2 Å². The fourth-order valence-electron chi connectivity index (χ4n) is 2.04. The van der Waals surface area contributed by atoms with Gasteiger partial charge in [0, 0.05) is 12.7 Å². The van der Waals surface area contributed by atoms with E-state index in [2.05, 4.69) is 26.7 Å². The summed E-state index contributed by atoms with van der Waals surface area (Å²) in [6.07, 6.45) is 5.38. The molecule has 3 aromatic rings. The highest BCUT2D eigenvalue weighted by Gasteiger charge is 2.13. The molecule has 0 saturated heterocycles. The van der Waals surface area contributed by atoms with Crippen molar-refractivity contribution in [3.63, 3.8) is 0 Å². The molecule has 0 spiro atoms. The van der Waals surface area contributed by atoms with Crippen LogP contribution in [-0.4, -0.2) is 25.7 Å². The zero-order chi connectivity index (χ0) is 13.2. The van der Waals surface area contributed by atoms with Gasteiger partial charge in [0.15, 0.2) is 5.82 Å². The third-order valence-corrected chi connectivity index (χ3v) is 3.11. The fourth-order valence-corrected chi connectivity index (χ4v) is 2.18. The Morgan fingerprint density at radius 3 is 3.00 bits per heavy atom. The molecule has 0 atom stereocenters. The molecule has 0 aliphatic heterocycles. The Morgan fingerprint density at radius 2 is 2.26 bits per heavy atom. The third kappa shape index (κ3) is 2.22. The van der Waals surface area contributed by atoms with Gasteiger partial charge in [-0.1, -0.05) is 24.6 Å². The molecule has 0 bridgehead atoms. The number of fused-ring (bicyclic) bond motifs is 1. The van der Waals surface area contributed by atoms with Gasteiger partial charge in [0.05, 0.1) is 23.1 Å². The minimum Gasteiger partial charge on any atom is -0.311 e. The second kappa shape index (κ2) is 5.03. The van der Waals surface area contributed by atoms with Gasteiger partial charge in [-0.05, 0) is 18.7 Å². The maximum atomic E-state index is 5.93. The van der Waals surface area contributed by atoms with E-state index in [1.54, 1.807) is 17.1 Å². The lowest BCUT2D eigenvalue weighted by Gasteiger charge is -2.05. The van der Waals surface area contributed by atoms with Crippen molar-refractivity contribution in [2.24, 2.45) is 0 Å². The Kier molecular flexibility index (Phi) is 3.23. The van der Waals surface area contributed by atoms with Gasteiger partial charge in [0.2, 0.25) is 0 Å². The number of hydrogen-bond donors (Lipinski definition) is 1. The molecule has 5 nitrogen and oxygen atoms in total. The lowest BCUT2D eigenvalue weighted by Crippen LogP contribution is -2.15. The van der Waals surface area contributed by atoms with E-state index in [4.69, 9.17) is 11.6 Å². The Labute approximate surface area is 115 Å². The Balaban J connectivity index is 2.16. The first kappa shape index (κ1) is 12.2. The van der Waals surface area contributed by atoms with Crippen LogP contribution >= 0.6 is 11.6 Å². The summed E-state index contributed by atoms with van der Waals surface area (Å²) in [5, 5.41) is 8.16. The second-order valence-corrected chi connectivity index (χ2v) is 4.63. The summed E-state index contributed by atoms with van der Waals surface area (Å²) < 4.78 is 3.77. The van der Waals surface area contributed by atoms with Crippen molar-refractivity contribution in [3.05, 3.63) is 47.5 Å². The van der Waals surface area contributed by atoms with E-state index in [0.717, 1.165) is 30.2 Å². The highest BCUT2D eigenvalue weighted by molar-refractivity contribution is 6.30. The third-order valence-electron chi connectivity index (χ3n) is 2.92. The molecular formula is C13H14ClN5. The average Bonchev–Trinajstić information content (AvgIpc) is 3.00. The minimum absolute atomic E-state index is 0.603. The van der Waals surface area contributed by atoms with Crippen LogP contribution in [0.15, 0.2) is 36.8 Å². The van der Waals surface area contributed by atoms with Crippen LogP contribution in [0, 0.1) is 0 Å². The first-order valence-electron chi connectivity index (χ1n) is 6.17. The number of nitrogens with one attached hydrogen (secondary N) is 1. The zero-order valence-corrected chi connectivity index (χ0v) is 11.3. The molecule has 1 N–H and O–H groups in total. The van der Waals surface area contributed by atoms with Gasteiger partial charge < -0.3 is 9.72 Å². The van der Waals surface area contributed by atoms with Gasteiger partial charge >= 0.3 is 0 Å². The van der Waals surface area contributed by atoms with E-state index >= 15 is 0 Å². The Bertz CT molecular complexity index is 700. The molecule has 0 fully saturated rings. The zero-order valence-electron chi connectivity index (χ0n) is 10.5. The van der Waals surface area contributed by atoms with Crippen LogP contribution in [0.4, 0.5) is 0 Å². The predicted octanol–water partition coefficient (Wildman–Crippen LogP) is 2.28. The SMILES string of the molecule is CCNCc1c(-n2cc(Cl)cn2)nc2ccccn12. The quantitative estimate of drug-likeness (QED) is 0.795. The Morgan fingerprint density at radius 1 is 1.37 bits per heavy atom. The van der Waals surface area contributed by atoms with Crippen molar-refractivity contribution < 1.29 is 0 Å². The molecule has 3 heterocycles. The number of aromatic nitrogens is 4. The summed E-state index contributed by atoms with van der Waals surface area (Å²) >= 11 is 5.93. The summed E-state index contributed by atoms with van der Waals surface area (Å²) in [7, 11) is 0. The van der Waals surface area contributed by atoms with Crippen LogP contribution in [0.25, 0.3) is 11.5 Å². The smallest absolute Gasteiger partial charge is 0.176 e. The van der Waals surface area contributed by atoms with E-state index in [1.807, 2.05) is 24.4 Å². The molecule has 0 aliphatic carbocycles. The highest BCUT2D eigenvalue weighted by Crippen LogP contribution is 2.18. The molecular weight excluding hydrogens is 262 g/mol. The van der Waals surface area contributed by atoms with Crippen molar-refractivity contribution >= 4 is 17.2 Å². The molecule has 0 aliphatic rings. The van der Waals surface area contributed by atoms with Gasteiger partial charge in [-0.25, -0.2) is 9.67 Å². The summed E-state index contributed by atoms with van der Waals surface area (Å²) in [4.78, 5) is 4.61. The van der Waals surface area contributed by atoms with Gasteiger partial charge in [-0.2, -0.15) is 5.10 Å². The van der Waals surface area contributed by atoms with Gasteiger partial charge in [-0.3, -0.25) is 0 Å². The standard InChI is InChI=1S/C13H14ClN5/c1-2-15-8-11-13(19-9-10(14)7-16-19)17-12-5-3-4-6-18(11)12/h3-7,9,15H,2,8H2,1H3. The minimum atomic E-state index is 0.603. The van der Waals surface area contributed by atoms with E-state index in [-0.39, 0.29) is 0 Å². The maximum Gasteiger partial charge on any atom is 0.176 e. The van der Waals surface area contributed by atoms with Crippen molar-refractivity contribution in [1.29, 1.82) is 0 Å². The molecule has 6 heteroatoms. The number of rotatable bonds is 4. The van der Waals surface area contributed by atoms with E-state index < -0.39 is 0 Å². The number of imidazole rings is 1. The lowest BCUT2D eigenvalue weighted by molar-refractivity contribution is 0.694. The number of pyridine rings is 1. The number of hydrogen-bond acceptors (Lipinski definition) is 3. The first-order chi connectivity index (χ1) is 9.29. The second-order valence-electron chi connectivity index (χ2n) is 4.19. The van der Waals surface area contributed by atoms with Crippen molar-refractivity contribution in [2.45, 2.75) is 13.5 Å². The fraction of sp³-hybridized carbons (Fsp3) is 0.231. The van der Waals surface area contributed by atoms with Crippen LogP contribution in [0.2, 0.25) is 5.02 Å². The highest BCUT2D eigenvalue weighted by atomic mass is 35.5. The lowest BCUT2D eigenvalue weighted by atomic mass is 10.4. The molecule has 3 rings (SSSR count). The van der Waals surface area contributed by atoms with Crippen molar-refractivity contribution in [1.82, 2.24) is 24.5 Å². The summed E-state index contributed by atoms with van der Waals surface area (Å²) in [5.74, 6) is 0.805. The molecule has 0 amide bonds. The van der Waals surface area contributed by atoms with E-state index in [9.17, 15) is 0 Å². The predicted molar refractivity (Wildman–Crippen MR) is 74.7 cm³/mol. The monoisotopic (exact) mass is 275 g/mol. The normalized spacial score (nSPS) is 11.3. The van der Waals surface area contributed by atoms with E-state index in [1.165, 1.54) is 0 Å². The summed E-state index contributed by atoms with van der Waals surface area (Å²) in [6, 6.07) is 5.94. The summed E-state index contributed by atoms with van der Waals surface area (Å²) in [5.41, 5.74) is 1.97. The van der Waals surface area contributed by atoms with Crippen LogP contribution in [-0.2, 0) is 6.54 Å². The van der Waals surface area contributed by atoms with Crippen LogP contribution in [0.5, 0.6) is 0 Å². The number of nitrogens with zero attached hydrogens (tertiary/aromatic N) is 4. The van der Waals surface area contributed by atoms with Crippen LogP contribution < -0.4 is 5.32 Å². The first-order valence-corrected chi connectivity index (χ1v) is 6.54. The number of halogens is 1. The molecule has 0 radical (unpaired) electrons. The van der Waals surface area contributed by atoms with Gasteiger partial charge in [0.1, 0.15) is 5.65 Å². The average molecular weight is 276 g/mol. The van der Waals surface area contributed by atoms with Gasteiger partial charge in [-0.15, -0.1) is 0 Å². The maximum absolute atomic E-state index is 5.93. The molecule has 0 saturated carbocycles. The Hall–Kier alpha value is -1.85.